The van der Waals surface area contributed by atoms with Crippen LogP contribution in [-0.4, -0.2) is 0 Å². The van der Waals surface area contributed by atoms with Gasteiger partial charge in [-0.3, -0.25) is 0 Å². The van der Waals surface area contributed by atoms with Crippen LogP contribution in [0.2, 0.25) is 0 Å². The lowest BCUT2D eigenvalue weighted by Crippen LogP contribution is -1.79. The summed E-state index contributed by atoms with van der Waals surface area (Å²) in [6.45, 7) is 31.8. The molecule has 0 bridgehead atoms. The Morgan fingerprint density at radius 2 is 1.29 bits per heavy atom. The molecule has 0 fully saturated rings. The Morgan fingerprint density at radius 3 is 1.63 bits per heavy atom. The van der Waals surface area contributed by atoms with Crippen molar-refractivity contribution in [3.63, 3.8) is 0 Å². The van der Waals surface area contributed by atoms with Crippen LogP contribution in [0.25, 0.3) is 6.08 Å². The Hall–Kier alpha value is -3.38. The molecule has 0 aromatic heterocycles. The van der Waals surface area contributed by atoms with E-state index in [2.05, 4.69) is 84.5 Å². The van der Waals surface area contributed by atoms with Gasteiger partial charge in [0.1, 0.15) is 0 Å². The molecule has 0 amide bonds. The molecular formula is C38H58. The van der Waals surface area contributed by atoms with E-state index in [4.69, 9.17) is 0 Å². The van der Waals surface area contributed by atoms with Crippen molar-refractivity contribution in [1.29, 1.82) is 0 Å². The van der Waals surface area contributed by atoms with E-state index in [0.29, 0.717) is 0 Å². The van der Waals surface area contributed by atoms with Gasteiger partial charge in [0.15, 0.2) is 0 Å². The molecule has 0 atom stereocenters. The lowest BCUT2D eigenvalue weighted by molar-refractivity contribution is 0.778. The zero-order valence-corrected chi connectivity index (χ0v) is 25.5. The average molecular weight is 515 g/mol. The Morgan fingerprint density at radius 1 is 0.711 bits per heavy atom. The predicted octanol–water partition coefficient (Wildman–Crippen LogP) is 13.0. The van der Waals surface area contributed by atoms with Gasteiger partial charge in [0, 0.05) is 0 Å². The van der Waals surface area contributed by atoms with Crippen molar-refractivity contribution in [2.45, 2.75) is 79.6 Å². The first-order chi connectivity index (χ1) is 18.4. The molecule has 1 aromatic carbocycles. The van der Waals surface area contributed by atoms with Crippen molar-refractivity contribution in [2.75, 3.05) is 0 Å². The molecule has 0 aliphatic heterocycles. The second-order valence-electron chi connectivity index (χ2n) is 8.26. The van der Waals surface area contributed by atoms with Crippen molar-refractivity contribution in [1.82, 2.24) is 0 Å². The highest BCUT2D eigenvalue weighted by Crippen LogP contribution is 2.10. The quantitative estimate of drug-likeness (QED) is 0.181. The number of allylic oxidation sites excluding steroid dienone is 13. The molecule has 38 heavy (non-hydrogen) atoms. The summed E-state index contributed by atoms with van der Waals surface area (Å²) < 4.78 is 0. The van der Waals surface area contributed by atoms with Gasteiger partial charge in [-0.15, -0.1) is 0 Å². The van der Waals surface area contributed by atoms with Gasteiger partial charge in [-0.2, -0.15) is 0 Å². The number of benzene rings is 1. The molecule has 0 heterocycles. The molecule has 0 radical (unpaired) electrons. The fraction of sp³-hybridized carbons (Fsp3) is 0.316. The molecule has 0 spiro atoms. The summed E-state index contributed by atoms with van der Waals surface area (Å²) in [6, 6.07) is 10.1. The first-order valence-corrected chi connectivity index (χ1v) is 13.8. The molecule has 0 N–H and O–H groups in total. The van der Waals surface area contributed by atoms with E-state index in [9.17, 15) is 0 Å². The third-order valence-electron chi connectivity index (χ3n) is 4.40. The van der Waals surface area contributed by atoms with Crippen LogP contribution in [0.3, 0.4) is 0 Å². The van der Waals surface area contributed by atoms with Crippen LogP contribution in [0.5, 0.6) is 0 Å². The third kappa shape index (κ3) is 46.0. The summed E-state index contributed by atoms with van der Waals surface area (Å²) >= 11 is 0. The summed E-state index contributed by atoms with van der Waals surface area (Å²) in [5, 5.41) is 0. The molecule has 1 rings (SSSR count). The van der Waals surface area contributed by atoms with Gasteiger partial charge < -0.3 is 0 Å². The summed E-state index contributed by atoms with van der Waals surface area (Å²) in [7, 11) is 0. The number of hydrogen-bond acceptors (Lipinski definition) is 0. The molecule has 0 nitrogen and oxygen atoms in total. The van der Waals surface area contributed by atoms with Crippen LogP contribution >= 0.6 is 0 Å². The van der Waals surface area contributed by atoms with E-state index in [-0.39, 0.29) is 0 Å². The standard InChI is InChI=1S/C12H22.C10H10.2C6H10.C4H6/c1-4-7-9-11-12(6-3)10-8-5-2;1-2-3-7-10-8-5-4-6-9-10;1-4-5-6(2)3;1-3-5-6-4-2;1-3-4-2/h6,11H,3-5,7-10H2,1-2H3;2-9H,1H2;4-5H,1H2,2-3H3;3,5-6H,1,4H2,2H3;3-4H,1-2H2. The lowest BCUT2D eigenvalue weighted by atomic mass is 10.1. The molecular weight excluding hydrogens is 456 g/mol. The highest BCUT2D eigenvalue weighted by Gasteiger charge is 1.90. The maximum atomic E-state index is 3.82. The fourth-order valence-electron chi connectivity index (χ4n) is 2.37. The molecule has 0 saturated carbocycles. The smallest absolute Gasteiger partial charge is 0.0257 e. The van der Waals surface area contributed by atoms with Crippen molar-refractivity contribution >= 4 is 6.08 Å². The van der Waals surface area contributed by atoms with Gasteiger partial charge in [0.2, 0.25) is 0 Å². The Bertz CT molecular complexity index is 784. The normalized spacial score (nSPS) is 9.45. The van der Waals surface area contributed by atoms with E-state index in [1.807, 2.05) is 62.4 Å². The SMILES string of the molecule is C=CC(=CCCCC)CCCC.C=CC=C.C=CC=C(C)C.C=CC=CCC.C=CC=Cc1ccccc1. The molecule has 210 valence electrons. The number of unbranched alkanes of at least 4 members (excludes halogenated alkanes) is 3. The molecule has 0 aliphatic rings. The Kier molecular flexibility index (Phi) is 44.8. The second kappa shape index (κ2) is 40.8. The van der Waals surface area contributed by atoms with Crippen molar-refractivity contribution in [2.24, 2.45) is 0 Å². The highest BCUT2D eigenvalue weighted by molar-refractivity contribution is 5.50. The zero-order valence-electron chi connectivity index (χ0n) is 25.5. The van der Waals surface area contributed by atoms with Gasteiger partial charge in [0.05, 0.1) is 0 Å². The van der Waals surface area contributed by atoms with E-state index >= 15 is 0 Å². The lowest BCUT2D eigenvalue weighted by Gasteiger charge is -1.99. The fourth-order valence-corrected chi connectivity index (χ4v) is 2.37. The Labute approximate surface area is 238 Å². The molecule has 0 heteroatoms. The molecule has 1 aromatic rings. The zero-order chi connectivity index (χ0) is 29.7. The monoisotopic (exact) mass is 514 g/mol. The topological polar surface area (TPSA) is 0 Å². The van der Waals surface area contributed by atoms with E-state index in [0.717, 1.165) is 6.42 Å². The van der Waals surface area contributed by atoms with Gasteiger partial charge in [-0.05, 0) is 45.1 Å². The van der Waals surface area contributed by atoms with Crippen molar-refractivity contribution < 1.29 is 0 Å². The van der Waals surface area contributed by atoms with Crippen LogP contribution in [0, 0.1) is 0 Å². The van der Waals surface area contributed by atoms with Gasteiger partial charge >= 0.3 is 0 Å². The van der Waals surface area contributed by atoms with Crippen LogP contribution in [0.1, 0.15) is 85.1 Å². The second-order valence-corrected chi connectivity index (χ2v) is 8.26. The molecule has 0 unspecified atom stereocenters. The predicted molar refractivity (Wildman–Crippen MR) is 183 cm³/mol. The average Bonchev–Trinajstić information content (AvgIpc) is 2.94. The van der Waals surface area contributed by atoms with Gasteiger partial charge in [0.25, 0.3) is 0 Å². The minimum absolute atomic E-state index is 1.10. The largest absolute Gasteiger partial charge is 0.0991 e. The highest BCUT2D eigenvalue weighted by atomic mass is 14.0. The number of rotatable bonds is 13. The van der Waals surface area contributed by atoms with E-state index in [1.54, 1.807) is 30.4 Å². The van der Waals surface area contributed by atoms with E-state index < -0.39 is 0 Å². The van der Waals surface area contributed by atoms with E-state index in [1.165, 1.54) is 55.2 Å². The Balaban J connectivity index is -0.000000201. The minimum atomic E-state index is 1.10. The summed E-state index contributed by atoms with van der Waals surface area (Å²) in [4.78, 5) is 0. The van der Waals surface area contributed by atoms with Crippen LogP contribution in [0.15, 0.2) is 148 Å². The van der Waals surface area contributed by atoms with Crippen LogP contribution in [0.4, 0.5) is 0 Å². The van der Waals surface area contributed by atoms with Gasteiger partial charge in [-0.1, -0.05) is 194 Å². The van der Waals surface area contributed by atoms with Crippen molar-refractivity contribution in [3.8, 4) is 0 Å². The van der Waals surface area contributed by atoms with Crippen molar-refractivity contribution in [3.05, 3.63) is 153 Å². The third-order valence-corrected chi connectivity index (χ3v) is 4.40. The maximum Gasteiger partial charge on any atom is -0.0257 e. The summed E-state index contributed by atoms with van der Waals surface area (Å²) in [5.74, 6) is 0. The first kappa shape index (κ1) is 41.7. The maximum absolute atomic E-state index is 3.82. The first-order valence-electron chi connectivity index (χ1n) is 13.8. The van der Waals surface area contributed by atoms with Crippen LogP contribution in [-0.2, 0) is 0 Å². The summed E-state index contributed by atoms with van der Waals surface area (Å²) in [6.07, 6.45) is 31.6. The minimum Gasteiger partial charge on any atom is -0.0991 e. The summed E-state index contributed by atoms with van der Waals surface area (Å²) in [5.41, 5.74) is 3.94. The van der Waals surface area contributed by atoms with Crippen LogP contribution < -0.4 is 0 Å². The van der Waals surface area contributed by atoms with Gasteiger partial charge in [-0.25, -0.2) is 0 Å². The number of hydrogen-bond donors (Lipinski definition) is 0. The molecule has 0 aliphatic carbocycles. The molecule has 0 saturated heterocycles.